The van der Waals surface area contributed by atoms with Crippen molar-refractivity contribution >= 4 is 45.2 Å². The smallest absolute Gasteiger partial charge is 0.267 e. The van der Waals surface area contributed by atoms with Crippen molar-refractivity contribution in [2.24, 2.45) is 0 Å². The maximum absolute atomic E-state index is 13.6. The van der Waals surface area contributed by atoms with Crippen molar-refractivity contribution in [3.05, 3.63) is 57.9 Å². The van der Waals surface area contributed by atoms with E-state index >= 15 is 0 Å². The molecule has 0 radical (unpaired) electrons. The molecule has 0 aliphatic carbocycles. The number of anilines is 2. The average Bonchev–Trinajstić information content (AvgIpc) is 3.46. The summed E-state index contributed by atoms with van der Waals surface area (Å²) in [4.78, 5) is 21.3. The summed E-state index contributed by atoms with van der Waals surface area (Å²) in [5.41, 5.74) is 2.30. The molecule has 1 fully saturated rings. The van der Waals surface area contributed by atoms with E-state index in [0.29, 0.717) is 28.8 Å². The van der Waals surface area contributed by atoms with Gasteiger partial charge in [-0.1, -0.05) is 10.6 Å². The van der Waals surface area contributed by atoms with Crippen molar-refractivity contribution in [1.82, 2.24) is 23.9 Å². The van der Waals surface area contributed by atoms with Gasteiger partial charge in [-0.3, -0.25) is 9.20 Å². The van der Waals surface area contributed by atoms with E-state index in [1.165, 1.54) is 12.1 Å². The van der Waals surface area contributed by atoms with Gasteiger partial charge in [-0.25, -0.2) is 9.37 Å². The summed E-state index contributed by atoms with van der Waals surface area (Å²) in [5.74, 6) is 0.484. The van der Waals surface area contributed by atoms with Crippen LogP contribution in [0.5, 0.6) is 0 Å². The monoisotopic (exact) mass is 442 g/mol. The number of thiazole rings is 1. The molecule has 0 bridgehead atoms. The summed E-state index contributed by atoms with van der Waals surface area (Å²) in [6.07, 6.45) is 3.84. The Hall–Kier alpha value is -2.85. The van der Waals surface area contributed by atoms with Gasteiger partial charge in [0, 0.05) is 36.3 Å². The predicted octanol–water partition coefficient (Wildman–Crippen LogP) is 4.46. The van der Waals surface area contributed by atoms with Crippen LogP contribution in [-0.2, 0) is 0 Å². The van der Waals surface area contributed by atoms with Crippen LogP contribution in [0.1, 0.15) is 39.8 Å². The first-order valence-electron chi connectivity index (χ1n) is 9.66. The number of rotatable bonds is 4. The number of piperidine rings is 1. The van der Waals surface area contributed by atoms with E-state index < -0.39 is 0 Å². The van der Waals surface area contributed by atoms with E-state index in [4.69, 9.17) is 4.98 Å². The van der Waals surface area contributed by atoms with Gasteiger partial charge in [-0.2, -0.15) is 0 Å². The quantitative estimate of drug-likeness (QED) is 0.505. The van der Waals surface area contributed by atoms with Crippen molar-refractivity contribution in [1.29, 1.82) is 0 Å². The Morgan fingerprint density at radius 3 is 3.07 bits per heavy atom. The highest BCUT2D eigenvalue weighted by Crippen LogP contribution is 2.34. The molecule has 1 aliphatic rings. The number of aryl methyl sites for hydroxylation is 1. The molecule has 5 rings (SSSR count). The van der Waals surface area contributed by atoms with Gasteiger partial charge in [-0.15, -0.1) is 16.4 Å². The minimum absolute atomic E-state index is 0.00746. The van der Waals surface area contributed by atoms with E-state index in [9.17, 15) is 9.18 Å². The number of imidazole rings is 1. The number of fused-ring (bicyclic) bond motifs is 1. The van der Waals surface area contributed by atoms with Gasteiger partial charge in [0.2, 0.25) is 5.95 Å². The van der Waals surface area contributed by atoms with E-state index in [1.54, 1.807) is 17.4 Å². The standard InChI is InChI=1S/C20H19FN6OS2/c1-12-17(30-25-24-12)18(28)26-7-3-4-13(11-26)16-19-27(8-9-29-19)20(23-16)22-15-6-2-5-14(21)10-15/h2,5-6,8-10,13H,3-4,7,11H2,1H3,(H,22,23)/t13-/m0/s1. The third-order valence-corrected chi connectivity index (χ3v) is 7.01. The number of aromatic nitrogens is 4. The first kappa shape index (κ1) is 19.1. The van der Waals surface area contributed by atoms with E-state index in [2.05, 4.69) is 14.9 Å². The number of likely N-dealkylation sites (tertiary alicyclic amines) is 1. The maximum atomic E-state index is 13.6. The molecule has 1 saturated heterocycles. The lowest BCUT2D eigenvalue weighted by Gasteiger charge is -2.31. The third kappa shape index (κ3) is 3.46. The summed E-state index contributed by atoms with van der Waals surface area (Å²) in [5, 5.41) is 9.19. The Kier molecular flexibility index (Phi) is 4.95. The van der Waals surface area contributed by atoms with Crippen molar-refractivity contribution < 1.29 is 9.18 Å². The lowest BCUT2D eigenvalue weighted by atomic mass is 9.95. The number of amides is 1. The summed E-state index contributed by atoms with van der Waals surface area (Å²) in [7, 11) is 0. The van der Waals surface area contributed by atoms with Crippen molar-refractivity contribution in [2.45, 2.75) is 25.7 Å². The molecule has 10 heteroatoms. The van der Waals surface area contributed by atoms with Gasteiger partial charge in [0.25, 0.3) is 5.91 Å². The third-order valence-electron chi connectivity index (χ3n) is 5.30. The molecule has 3 aromatic heterocycles. The van der Waals surface area contributed by atoms with Gasteiger partial charge >= 0.3 is 0 Å². The summed E-state index contributed by atoms with van der Waals surface area (Å²) < 4.78 is 19.5. The molecule has 1 atom stereocenters. The second-order valence-corrected chi connectivity index (χ2v) is 8.96. The molecule has 1 aliphatic heterocycles. The van der Waals surface area contributed by atoms with Crippen molar-refractivity contribution in [2.75, 3.05) is 18.4 Å². The molecule has 4 heterocycles. The van der Waals surface area contributed by atoms with E-state index in [1.807, 2.05) is 33.9 Å². The molecule has 7 nitrogen and oxygen atoms in total. The fraction of sp³-hybridized carbons (Fsp3) is 0.300. The molecular formula is C20H19FN6OS2. The van der Waals surface area contributed by atoms with Crippen LogP contribution in [-0.4, -0.2) is 42.9 Å². The highest BCUT2D eigenvalue weighted by Gasteiger charge is 2.30. The van der Waals surface area contributed by atoms with Crippen molar-refractivity contribution in [3.8, 4) is 0 Å². The first-order valence-corrected chi connectivity index (χ1v) is 11.3. The highest BCUT2D eigenvalue weighted by atomic mass is 32.1. The SMILES string of the molecule is Cc1nnsc1C(=O)N1CCC[C@H](c2nc(Nc3cccc(F)c3)n3ccsc23)C1. The number of hydrogen-bond donors (Lipinski definition) is 1. The van der Waals surface area contributed by atoms with Gasteiger partial charge in [0.05, 0.1) is 11.4 Å². The largest absolute Gasteiger partial charge is 0.337 e. The topological polar surface area (TPSA) is 75.4 Å². The van der Waals surface area contributed by atoms with Crippen LogP contribution in [0.25, 0.3) is 4.83 Å². The molecule has 30 heavy (non-hydrogen) atoms. The second-order valence-electron chi connectivity index (χ2n) is 7.31. The maximum Gasteiger partial charge on any atom is 0.267 e. The Bertz CT molecular complexity index is 1220. The van der Waals surface area contributed by atoms with Crippen LogP contribution in [0, 0.1) is 12.7 Å². The molecule has 0 unspecified atom stereocenters. The molecule has 0 spiro atoms. The number of carbonyl (C=O) groups excluding carboxylic acids is 1. The Morgan fingerprint density at radius 1 is 1.37 bits per heavy atom. The number of carbonyl (C=O) groups is 1. The lowest BCUT2D eigenvalue weighted by Crippen LogP contribution is -2.39. The zero-order valence-corrected chi connectivity index (χ0v) is 17.8. The number of halogens is 1. The number of nitrogens with one attached hydrogen (secondary N) is 1. The molecule has 0 saturated carbocycles. The van der Waals surface area contributed by atoms with Crippen molar-refractivity contribution in [3.63, 3.8) is 0 Å². The zero-order valence-electron chi connectivity index (χ0n) is 16.2. The lowest BCUT2D eigenvalue weighted by molar-refractivity contribution is 0.0710. The highest BCUT2D eigenvalue weighted by molar-refractivity contribution is 7.15. The minimum Gasteiger partial charge on any atom is -0.337 e. The number of benzene rings is 1. The molecule has 1 aromatic carbocycles. The van der Waals surface area contributed by atoms with E-state index in [0.717, 1.165) is 41.4 Å². The zero-order chi connectivity index (χ0) is 20.7. The average molecular weight is 443 g/mol. The number of nitrogens with zero attached hydrogens (tertiary/aromatic N) is 5. The molecular weight excluding hydrogens is 423 g/mol. The minimum atomic E-state index is -0.298. The summed E-state index contributed by atoms with van der Waals surface area (Å²) >= 11 is 2.77. The second kappa shape index (κ2) is 7.77. The van der Waals surface area contributed by atoms with Gasteiger partial charge < -0.3 is 10.2 Å². The Labute approximate surface area is 180 Å². The summed E-state index contributed by atoms with van der Waals surface area (Å²) in [6, 6.07) is 6.33. The molecule has 154 valence electrons. The van der Waals surface area contributed by atoms with Gasteiger partial charge in [-0.05, 0) is 49.5 Å². The van der Waals surface area contributed by atoms with Crippen LogP contribution in [0.2, 0.25) is 0 Å². The van der Waals surface area contributed by atoms with E-state index in [-0.39, 0.29) is 17.6 Å². The molecule has 1 N–H and O–H groups in total. The van der Waals surface area contributed by atoms with Crippen LogP contribution in [0.15, 0.2) is 35.8 Å². The van der Waals surface area contributed by atoms with Crippen LogP contribution in [0.3, 0.4) is 0 Å². The molecule has 4 aromatic rings. The summed E-state index contributed by atoms with van der Waals surface area (Å²) in [6.45, 7) is 3.15. The number of hydrogen-bond acceptors (Lipinski definition) is 7. The Balaban J connectivity index is 1.42. The van der Waals surface area contributed by atoms with Crippen LogP contribution in [0.4, 0.5) is 16.0 Å². The van der Waals surface area contributed by atoms with Crippen LogP contribution >= 0.6 is 22.9 Å². The Morgan fingerprint density at radius 2 is 2.27 bits per heavy atom. The predicted molar refractivity (Wildman–Crippen MR) is 115 cm³/mol. The fourth-order valence-corrected chi connectivity index (χ4v) is 5.38. The molecule has 1 amide bonds. The van der Waals surface area contributed by atoms with Gasteiger partial charge in [0.15, 0.2) is 0 Å². The fourth-order valence-electron chi connectivity index (χ4n) is 3.85. The first-order chi connectivity index (χ1) is 14.6. The normalized spacial score (nSPS) is 16.9. The van der Waals surface area contributed by atoms with Crippen LogP contribution < -0.4 is 5.32 Å². The van der Waals surface area contributed by atoms with Gasteiger partial charge in [0.1, 0.15) is 15.5 Å².